The van der Waals surface area contributed by atoms with Crippen molar-refractivity contribution in [1.29, 1.82) is 0 Å². The first kappa shape index (κ1) is 17.9. The van der Waals surface area contributed by atoms with Gasteiger partial charge in [-0.2, -0.15) is 0 Å². The van der Waals surface area contributed by atoms with Crippen LogP contribution in [0.5, 0.6) is 0 Å². The van der Waals surface area contributed by atoms with Gasteiger partial charge in [0, 0.05) is 30.7 Å². The number of rotatable bonds is 5. The first-order chi connectivity index (χ1) is 12.1. The van der Waals surface area contributed by atoms with Crippen molar-refractivity contribution in [3.8, 4) is 0 Å². The highest BCUT2D eigenvalue weighted by Gasteiger charge is 2.30. The molecule has 1 aliphatic heterocycles. The van der Waals surface area contributed by atoms with E-state index in [4.69, 9.17) is 4.74 Å². The normalized spacial score (nSPS) is 26.2. The third-order valence-corrected chi connectivity index (χ3v) is 5.11. The molecule has 2 aliphatic rings. The van der Waals surface area contributed by atoms with Crippen LogP contribution in [0.25, 0.3) is 0 Å². The molecule has 5 nitrogen and oxygen atoms in total. The van der Waals surface area contributed by atoms with Gasteiger partial charge in [0.15, 0.2) is 0 Å². The minimum absolute atomic E-state index is 0.0173. The Hall–Kier alpha value is -1.95. The second-order valence-corrected chi connectivity index (χ2v) is 6.92. The van der Waals surface area contributed by atoms with Crippen molar-refractivity contribution >= 4 is 17.5 Å². The molecule has 1 unspecified atom stereocenters. The van der Waals surface area contributed by atoms with E-state index in [9.17, 15) is 14.0 Å². The third-order valence-electron chi connectivity index (χ3n) is 5.11. The standard InChI is InChI=1S/C19H25FN2O3/c20-15-7-9-16(10-8-15)22-19(24)14-5-3-13(4-6-14)18(23)21-12-17-2-1-11-25-17/h7-10,13-14,17H,1-6,11-12H2,(H,21,23)(H,22,24). The van der Waals surface area contributed by atoms with Crippen molar-refractivity contribution in [3.05, 3.63) is 30.1 Å². The quantitative estimate of drug-likeness (QED) is 0.860. The number of carbonyl (C=O) groups excluding carboxylic acids is 2. The van der Waals surface area contributed by atoms with Crippen LogP contribution in [-0.2, 0) is 14.3 Å². The van der Waals surface area contributed by atoms with Crippen molar-refractivity contribution < 1.29 is 18.7 Å². The Kier molecular flexibility index (Phi) is 6.02. The predicted octanol–water partition coefficient (Wildman–Crippen LogP) is 2.87. The Morgan fingerprint density at radius 3 is 2.24 bits per heavy atom. The SMILES string of the molecule is O=C(NCC1CCCO1)C1CCC(C(=O)Nc2ccc(F)cc2)CC1. The van der Waals surface area contributed by atoms with Gasteiger partial charge in [-0.1, -0.05) is 0 Å². The molecule has 1 saturated heterocycles. The van der Waals surface area contributed by atoms with Crippen molar-refractivity contribution in [2.24, 2.45) is 11.8 Å². The average Bonchev–Trinajstić information content (AvgIpc) is 3.15. The van der Waals surface area contributed by atoms with Gasteiger partial charge in [-0.25, -0.2) is 4.39 Å². The van der Waals surface area contributed by atoms with Gasteiger partial charge in [0.1, 0.15) is 5.82 Å². The van der Waals surface area contributed by atoms with Crippen molar-refractivity contribution in [1.82, 2.24) is 5.32 Å². The highest BCUT2D eigenvalue weighted by Crippen LogP contribution is 2.30. The molecule has 136 valence electrons. The van der Waals surface area contributed by atoms with E-state index in [1.165, 1.54) is 12.1 Å². The fraction of sp³-hybridized carbons (Fsp3) is 0.579. The summed E-state index contributed by atoms with van der Waals surface area (Å²) in [6.45, 7) is 1.37. The van der Waals surface area contributed by atoms with Crippen LogP contribution in [0, 0.1) is 17.7 Å². The van der Waals surface area contributed by atoms with E-state index in [2.05, 4.69) is 10.6 Å². The Balaban J connectivity index is 1.40. The third kappa shape index (κ3) is 5.01. The molecular formula is C19H25FN2O3. The lowest BCUT2D eigenvalue weighted by molar-refractivity contribution is -0.128. The van der Waals surface area contributed by atoms with E-state index in [-0.39, 0.29) is 35.6 Å². The monoisotopic (exact) mass is 348 g/mol. The predicted molar refractivity (Wildman–Crippen MR) is 92.5 cm³/mol. The minimum Gasteiger partial charge on any atom is -0.376 e. The topological polar surface area (TPSA) is 67.4 Å². The zero-order chi connectivity index (χ0) is 17.6. The summed E-state index contributed by atoms with van der Waals surface area (Å²) in [6.07, 6.45) is 5.07. The van der Waals surface area contributed by atoms with Gasteiger partial charge < -0.3 is 15.4 Å². The Bertz CT molecular complexity index is 591. The number of anilines is 1. The molecule has 1 aliphatic carbocycles. The lowest BCUT2D eigenvalue weighted by Gasteiger charge is -2.27. The molecular weight excluding hydrogens is 323 g/mol. The molecule has 2 N–H and O–H groups in total. The molecule has 1 heterocycles. The zero-order valence-electron chi connectivity index (χ0n) is 14.3. The Morgan fingerprint density at radius 1 is 1.00 bits per heavy atom. The van der Waals surface area contributed by atoms with Gasteiger partial charge in [0.05, 0.1) is 6.10 Å². The van der Waals surface area contributed by atoms with Crippen LogP contribution in [0.4, 0.5) is 10.1 Å². The lowest BCUT2D eigenvalue weighted by atomic mass is 9.81. The van der Waals surface area contributed by atoms with Crippen LogP contribution in [0.15, 0.2) is 24.3 Å². The summed E-state index contributed by atoms with van der Waals surface area (Å²) < 4.78 is 18.4. The summed E-state index contributed by atoms with van der Waals surface area (Å²) in [5, 5.41) is 5.81. The van der Waals surface area contributed by atoms with Gasteiger partial charge >= 0.3 is 0 Å². The maximum absolute atomic E-state index is 12.9. The molecule has 0 aromatic heterocycles. The van der Waals surface area contributed by atoms with Gasteiger partial charge in [-0.15, -0.1) is 0 Å². The summed E-state index contributed by atoms with van der Waals surface area (Å²) in [5.41, 5.74) is 0.600. The van der Waals surface area contributed by atoms with Crippen LogP contribution < -0.4 is 10.6 Å². The highest BCUT2D eigenvalue weighted by atomic mass is 19.1. The molecule has 2 amide bonds. The Labute approximate surface area is 147 Å². The largest absolute Gasteiger partial charge is 0.376 e. The van der Waals surface area contributed by atoms with E-state index in [1.807, 2.05) is 0 Å². The van der Waals surface area contributed by atoms with E-state index in [0.717, 1.165) is 32.3 Å². The van der Waals surface area contributed by atoms with Crippen LogP contribution in [0.2, 0.25) is 0 Å². The number of halogens is 1. The summed E-state index contributed by atoms with van der Waals surface area (Å²) >= 11 is 0. The highest BCUT2D eigenvalue weighted by molar-refractivity contribution is 5.92. The minimum atomic E-state index is -0.326. The molecule has 1 saturated carbocycles. The summed E-state index contributed by atoms with van der Waals surface area (Å²) in [7, 11) is 0. The van der Waals surface area contributed by atoms with Crippen molar-refractivity contribution in [3.63, 3.8) is 0 Å². The molecule has 1 aromatic carbocycles. The number of nitrogens with one attached hydrogen (secondary N) is 2. The van der Waals surface area contributed by atoms with Crippen LogP contribution in [-0.4, -0.2) is 31.1 Å². The van der Waals surface area contributed by atoms with Gasteiger partial charge in [0.2, 0.25) is 11.8 Å². The molecule has 0 radical (unpaired) electrons. The van der Waals surface area contributed by atoms with Crippen molar-refractivity contribution in [2.45, 2.75) is 44.6 Å². The van der Waals surface area contributed by atoms with Gasteiger partial charge in [0.25, 0.3) is 0 Å². The smallest absolute Gasteiger partial charge is 0.227 e. The number of amides is 2. The number of hydrogen-bond donors (Lipinski definition) is 2. The van der Waals surface area contributed by atoms with Crippen LogP contribution >= 0.6 is 0 Å². The fourth-order valence-electron chi connectivity index (χ4n) is 3.56. The van der Waals surface area contributed by atoms with Crippen LogP contribution in [0.1, 0.15) is 38.5 Å². The van der Waals surface area contributed by atoms with E-state index < -0.39 is 0 Å². The maximum Gasteiger partial charge on any atom is 0.227 e. The molecule has 25 heavy (non-hydrogen) atoms. The molecule has 2 fully saturated rings. The molecule has 3 rings (SSSR count). The molecule has 1 atom stereocenters. The lowest BCUT2D eigenvalue weighted by Crippen LogP contribution is -2.38. The number of ether oxygens (including phenoxy) is 1. The number of hydrogen-bond acceptors (Lipinski definition) is 3. The number of carbonyl (C=O) groups is 2. The first-order valence-electron chi connectivity index (χ1n) is 9.07. The summed E-state index contributed by atoms with van der Waals surface area (Å²) in [4.78, 5) is 24.6. The fourth-order valence-corrected chi connectivity index (χ4v) is 3.56. The van der Waals surface area contributed by atoms with Gasteiger partial charge in [-0.05, 0) is 62.8 Å². The second kappa shape index (κ2) is 8.43. The molecule has 6 heteroatoms. The first-order valence-corrected chi connectivity index (χ1v) is 9.07. The summed E-state index contributed by atoms with van der Waals surface area (Å²) in [5.74, 6) is -0.409. The van der Waals surface area contributed by atoms with Crippen molar-refractivity contribution in [2.75, 3.05) is 18.5 Å². The molecule has 0 spiro atoms. The zero-order valence-corrected chi connectivity index (χ0v) is 14.3. The Morgan fingerprint density at radius 2 is 1.64 bits per heavy atom. The summed E-state index contributed by atoms with van der Waals surface area (Å²) in [6, 6.07) is 5.75. The second-order valence-electron chi connectivity index (χ2n) is 6.92. The molecule has 0 bridgehead atoms. The molecule has 1 aromatic rings. The van der Waals surface area contributed by atoms with E-state index in [0.29, 0.717) is 25.1 Å². The van der Waals surface area contributed by atoms with E-state index >= 15 is 0 Å². The average molecular weight is 348 g/mol. The number of benzene rings is 1. The van der Waals surface area contributed by atoms with Gasteiger partial charge in [-0.3, -0.25) is 9.59 Å². The van der Waals surface area contributed by atoms with Crippen LogP contribution in [0.3, 0.4) is 0 Å². The maximum atomic E-state index is 12.9. The van der Waals surface area contributed by atoms with E-state index in [1.54, 1.807) is 12.1 Å².